The third kappa shape index (κ3) is 4.30. The first-order chi connectivity index (χ1) is 11.0. The maximum absolute atomic E-state index is 12.6. The maximum atomic E-state index is 12.6. The van der Waals surface area contributed by atoms with Crippen LogP contribution in [0.4, 0.5) is 0 Å². The quantitative estimate of drug-likeness (QED) is 0.613. The summed E-state index contributed by atoms with van der Waals surface area (Å²) in [4.78, 5) is 16.8. The smallest absolute Gasteiger partial charge is 0.275 e. The third-order valence-corrected chi connectivity index (χ3v) is 4.48. The van der Waals surface area contributed by atoms with Gasteiger partial charge in [-0.3, -0.25) is 9.36 Å². The topological polar surface area (TPSA) is 64.3 Å². The van der Waals surface area contributed by atoms with Gasteiger partial charge in [0.15, 0.2) is 5.65 Å². The van der Waals surface area contributed by atoms with Crippen molar-refractivity contribution in [3.8, 4) is 22.1 Å². The van der Waals surface area contributed by atoms with Crippen molar-refractivity contribution in [1.29, 1.82) is 0 Å². The molecule has 25 heavy (non-hydrogen) atoms. The first-order valence-electron chi connectivity index (χ1n) is 7.37. The van der Waals surface area contributed by atoms with Crippen LogP contribution in [0, 0.1) is 14.4 Å². The van der Waals surface area contributed by atoms with Gasteiger partial charge in [-0.1, -0.05) is 49.4 Å². The van der Waals surface area contributed by atoms with E-state index in [2.05, 4.69) is 4.98 Å². The van der Waals surface area contributed by atoms with Gasteiger partial charge in [-0.25, -0.2) is 0 Å². The van der Waals surface area contributed by atoms with Gasteiger partial charge in [0.25, 0.3) is 10.8 Å². The number of aryl methyl sites for hydroxylation is 2. The average Bonchev–Trinajstić information content (AvgIpc) is 3.01. The second-order valence-electron chi connectivity index (χ2n) is 4.74. The molecule has 3 aromatic rings. The number of rotatable bonds is 2. The van der Waals surface area contributed by atoms with Gasteiger partial charge in [0.2, 0.25) is 0 Å². The zero-order valence-corrected chi connectivity index (χ0v) is 19.1. The summed E-state index contributed by atoms with van der Waals surface area (Å²) in [5, 5.41) is 11.0. The molecule has 0 spiro atoms. The number of aromatic nitrogens is 2. The summed E-state index contributed by atoms with van der Waals surface area (Å²) in [5.41, 5.74) is 2.11. The van der Waals surface area contributed by atoms with E-state index in [4.69, 9.17) is 4.74 Å². The molecule has 7 heteroatoms. The van der Waals surface area contributed by atoms with Crippen LogP contribution < -0.4 is 10.3 Å². The molecule has 0 fully saturated rings. The van der Waals surface area contributed by atoms with E-state index in [1.165, 1.54) is 23.0 Å². The summed E-state index contributed by atoms with van der Waals surface area (Å²) >= 11 is 1.22. The van der Waals surface area contributed by atoms with Crippen molar-refractivity contribution in [1.82, 2.24) is 9.55 Å². The molecule has 0 saturated carbocycles. The predicted molar refractivity (Wildman–Crippen MR) is 101 cm³/mol. The third-order valence-electron chi connectivity index (χ3n) is 3.47. The van der Waals surface area contributed by atoms with Gasteiger partial charge in [-0.05, 0) is 18.1 Å². The van der Waals surface area contributed by atoms with Crippen LogP contribution in [0.2, 0.25) is 0 Å². The molecule has 1 radical (unpaired) electrons. The normalized spacial score (nSPS) is 9.48. The molecule has 0 aliphatic carbocycles. The van der Waals surface area contributed by atoms with Crippen LogP contribution in [0.3, 0.4) is 0 Å². The fourth-order valence-corrected chi connectivity index (χ4v) is 3.20. The molecule has 1 N–H and O–H groups in total. The van der Waals surface area contributed by atoms with E-state index in [-0.39, 0.29) is 51.4 Å². The Bertz CT molecular complexity index is 903. The fraction of sp³-hybridized carbons (Fsp3) is 0.278. The Balaban J connectivity index is 0.00000139. The Kier molecular flexibility index (Phi) is 9.55. The molecule has 0 atom stereocenters. The summed E-state index contributed by atoms with van der Waals surface area (Å²) in [6, 6.07) is 7.48. The van der Waals surface area contributed by atoms with Crippen molar-refractivity contribution in [2.24, 2.45) is 7.05 Å². The Hall–Kier alpha value is -1.24. The number of pyridine rings is 1. The minimum absolute atomic E-state index is 0. The molecule has 0 aliphatic heterocycles. The number of ether oxygens (including phenoxy) is 1. The minimum atomic E-state index is -0.276. The predicted octanol–water partition coefficient (Wildman–Crippen LogP) is 4.16. The largest absolute Gasteiger partial charge is 0.505 e. The Labute approximate surface area is 177 Å². The summed E-state index contributed by atoms with van der Waals surface area (Å²) < 4.78 is 7.09. The van der Waals surface area contributed by atoms with Crippen LogP contribution >= 0.6 is 11.3 Å². The number of benzene rings is 1. The van der Waals surface area contributed by atoms with Crippen molar-refractivity contribution in [3.63, 3.8) is 0 Å². The van der Waals surface area contributed by atoms with Gasteiger partial charge in [-0.2, -0.15) is 4.98 Å². The van der Waals surface area contributed by atoms with Crippen LogP contribution in [0.1, 0.15) is 19.4 Å². The molecular weight excluding hydrogens is 413 g/mol. The molecule has 0 aliphatic rings. The maximum Gasteiger partial charge on any atom is 0.275 e. The van der Waals surface area contributed by atoms with Gasteiger partial charge in [-0.15, -0.1) is 0 Å². The van der Waals surface area contributed by atoms with E-state index in [1.807, 2.05) is 45.0 Å². The monoisotopic (exact) mass is 436 g/mol. The number of hydrogen-bond donors (Lipinski definition) is 1. The van der Waals surface area contributed by atoms with Crippen molar-refractivity contribution in [2.75, 3.05) is 7.11 Å². The standard InChI is InChI=1S/C15H14N2O3S.C2H6.CH3.Y/c1-8-6-4-5-7-9(8)10-11(18)12-13(17(2)14(10)19)16-15(20-3)21-12;1-2;;/h4-7,18H,1-3H3;1-2H3;1H3;/q;;-1;. The number of thiazole rings is 1. The van der Waals surface area contributed by atoms with E-state index in [0.29, 0.717) is 21.1 Å². The molecule has 3 rings (SSSR count). The zero-order valence-electron chi connectivity index (χ0n) is 15.5. The van der Waals surface area contributed by atoms with Crippen LogP contribution in [-0.4, -0.2) is 21.8 Å². The molecule has 5 nitrogen and oxygen atoms in total. The molecule has 0 amide bonds. The molecule has 0 bridgehead atoms. The Morgan fingerprint density at radius 2 is 1.84 bits per heavy atom. The van der Waals surface area contributed by atoms with Crippen molar-refractivity contribution < 1.29 is 42.6 Å². The van der Waals surface area contributed by atoms with E-state index in [1.54, 1.807) is 7.05 Å². The Morgan fingerprint density at radius 1 is 1.24 bits per heavy atom. The summed E-state index contributed by atoms with van der Waals surface area (Å²) in [7, 11) is 3.15. The number of methoxy groups -OCH3 is 1. The van der Waals surface area contributed by atoms with E-state index < -0.39 is 0 Å². The average molecular weight is 436 g/mol. The second kappa shape index (κ2) is 10.0. The van der Waals surface area contributed by atoms with Crippen molar-refractivity contribution in [3.05, 3.63) is 47.6 Å². The van der Waals surface area contributed by atoms with Crippen molar-refractivity contribution >= 4 is 21.7 Å². The van der Waals surface area contributed by atoms with Crippen LogP contribution in [-0.2, 0) is 39.8 Å². The van der Waals surface area contributed by atoms with Crippen LogP contribution in [0.25, 0.3) is 21.5 Å². The van der Waals surface area contributed by atoms with Crippen LogP contribution in [0.5, 0.6) is 10.9 Å². The summed E-state index contributed by atoms with van der Waals surface area (Å²) in [6.45, 7) is 5.91. The summed E-state index contributed by atoms with van der Waals surface area (Å²) in [6.07, 6.45) is 0. The first kappa shape index (κ1) is 23.8. The van der Waals surface area contributed by atoms with Gasteiger partial charge in [0.05, 0.1) is 12.7 Å². The SMILES string of the molecule is CC.COc1nc2c(s1)c(O)c(-c1ccccc1C)c(=O)n2C.[CH3-].[Y]. The number of hydrogen-bond acceptors (Lipinski definition) is 5. The van der Waals surface area contributed by atoms with Crippen LogP contribution in [0.15, 0.2) is 29.1 Å². The number of aromatic hydroxyl groups is 1. The van der Waals surface area contributed by atoms with Gasteiger partial charge < -0.3 is 17.3 Å². The van der Waals surface area contributed by atoms with E-state index in [0.717, 1.165) is 11.1 Å². The molecule has 2 heterocycles. The van der Waals surface area contributed by atoms with Crippen molar-refractivity contribution in [2.45, 2.75) is 20.8 Å². The zero-order chi connectivity index (χ0) is 17.1. The Morgan fingerprint density at radius 3 is 2.40 bits per heavy atom. The van der Waals surface area contributed by atoms with E-state index >= 15 is 0 Å². The molecule has 0 unspecified atom stereocenters. The number of nitrogens with zero attached hydrogens (tertiary/aromatic N) is 2. The molecule has 2 aromatic heterocycles. The molecule has 133 valence electrons. The van der Waals surface area contributed by atoms with Gasteiger partial charge >= 0.3 is 0 Å². The molecule has 0 saturated heterocycles. The molecular formula is C18H23N2O3SY-. The van der Waals surface area contributed by atoms with Gasteiger partial charge in [0.1, 0.15) is 10.4 Å². The summed E-state index contributed by atoms with van der Waals surface area (Å²) in [5.74, 6) is -0.0387. The van der Waals surface area contributed by atoms with E-state index in [9.17, 15) is 9.90 Å². The van der Waals surface area contributed by atoms with Gasteiger partial charge in [0, 0.05) is 39.8 Å². The minimum Gasteiger partial charge on any atom is -0.505 e. The molecule has 1 aromatic carbocycles. The fourth-order valence-electron chi connectivity index (χ4n) is 2.34. The second-order valence-corrected chi connectivity index (χ2v) is 5.70. The number of fused-ring (bicyclic) bond motifs is 1. The first-order valence-corrected chi connectivity index (χ1v) is 8.18.